The first-order chi connectivity index (χ1) is 8.29. The molecule has 3 heteroatoms. The molecule has 0 N–H and O–H groups in total. The molecule has 0 bridgehead atoms. The highest BCUT2D eigenvalue weighted by molar-refractivity contribution is 5.57. The van der Waals surface area contributed by atoms with E-state index in [-0.39, 0.29) is 0 Å². The normalized spacial score (nSPS) is 14.9. The van der Waals surface area contributed by atoms with E-state index < -0.39 is 0 Å². The Morgan fingerprint density at radius 2 is 1.94 bits per heavy atom. The SMILES string of the molecule is COc1ccc(-c2ncc(C)n2C2CC2)cc1. The van der Waals surface area contributed by atoms with Crippen LogP contribution in [0.15, 0.2) is 30.5 Å². The second-order valence-corrected chi connectivity index (χ2v) is 4.55. The number of benzene rings is 1. The van der Waals surface area contributed by atoms with Crippen LogP contribution in [0.1, 0.15) is 24.6 Å². The van der Waals surface area contributed by atoms with E-state index in [4.69, 9.17) is 4.74 Å². The minimum absolute atomic E-state index is 0.662. The fourth-order valence-electron chi connectivity index (χ4n) is 2.19. The van der Waals surface area contributed by atoms with Crippen LogP contribution in [0.2, 0.25) is 0 Å². The summed E-state index contributed by atoms with van der Waals surface area (Å²) in [6.45, 7) is 2.12. The van der Waals surface area contributed by atoms with E-state index in [2.05, 4.69) is 28.6 Å². The van der Waals surface area contributed by atoms with Gasteiger partial charge in [0, 0.05) is 23.5 Å². The lowest BCUT2D eigenvalue weighted by Crippen LogP contribution is -1.99. The summed E-state index contributed by atoms with van der Waals surface area (Å²) >= 11 is 0. The van der Waals surface area contributed by atoms with Gasteiger partial charge in [0.05, 0.1) is 7.11 Å². The van der Waals surface area contributed by atoms with Crippen molar-refractivity contribution in [3.8, 4) is 17.1 Å². The molecule has 0 radical (unpaired) electrons. The summed E-state index contributed by atoms with van der Waals surface area (Å²) in [5, 5.41) is 0. The van der Waals surface area contributed by atoms with Gasteiger partial charge in [-0.3, -0.25) is 0 Å². The van der Waals surface area contributed by atoms with Gasteiger partial charge in [-0.15, -0.1) is 0 Å². The van der Waals surface area contributed by atoms with Gasteiger partial charge >= 0.3 is 0 Å². The average molecular weight is 228 g/mol. The Morgan fingerprint density at radius 3 is 2.53 bits per heavy atom. The third kappa shape index (κ3) is 1.82. The lowest BCUT2D eigenvalue weighted by molar-refractivity contribution is 0.415. The fraction of sp³-hybridized carbons (Fsp3) is 0.357. The monoisotopic (exact) mass is 228 g/mol. The molecule has 0 aliphatic heterocycles. The molecular weight excluding hydrogens is 212 g/mol. The van der Waals surface area contributed by atoms with Crippen molar-refractivity contribution in [2.75, 3.05) is 7.11 Å². The van der Waals surface area contributed by atoms with Crippen LogP contribution < -0.4 is 4.74 Å². The van der Waals surface area contributed by atoms with E-state index in [0.717, 1.165) is 17.1 Å². The highest BCUT2D eigenvalue weighted by Gasteiger charge is 2.27. The first-order valence-electron chi connectivity index (χ1n) is 5.98. The molecule has 1 heterocycles. The molecule has 1 fully saturated rings. The molecule has 1 aliphatic carbocycles. The molecule has 2 aromatic rings. The van der Waals surface area contributed by atoms with E-state index >= 15 is 0 Å². The van der Waals surface area contributed by atoms with E-state index in [1.54, 1.807) is 7.11 Å². The molecule has 3 nitrogen and oxygen atoms in total. The predicted octanol–water partition coefficient (Wildman–Crippen LogP) is 3.20. The zero-order valence-corrected chi connectivity index (χ0v) is 10.2. The Kier molecular flexibility index (Phi) is 2.39. The minimum Gasteiger partial charge on any atom is -0.497 e. The molecule has 1 aliphatic rings. The van der Waals surface area contributed by atoms with Gasteiger partial charge in [-0.05, 0) is 44.0 Å². The Bertz CT molecular complexity index is 524. The van der Waals surface area contributed by atoms with Gasteiger partial charge in [0.15, 0.2) is 0 Å². The van der Waals surface area contributed by atoms with Crippen LogP contribution in [-0.4, -0.2) is 16.7 Å². The van der Waals surface area contributed by atoms with E-state index in [9.17, 15) is 0 Å². The Morgan fingerprint density at radius 1 is 1.24 bits per heavy atom. The van der Waals surface area contributed by atoms with Crippen molar-refractivity contribution >= 4 is 0 Å². The van der Waals surface area contributed by atoms with Crippen LogP contribution in [0.5, 0.6) is 5.75 Å². The van der Waals surface area contributed by atoms with Gasteiger partial charge < -0.3 is 9.30 Å². The van der Waals surface area contributed by atoms with Crippen LogP contribution in [0.3, 0.4) is 0 Å². The van der Waals surface area contributed by atoms with Crippen LogP contribution in [0.4, 0.5) is 0 Å². The van der Waals surface area contributed by atoms with Crippen LogP contribution in [0, 0.1) is 6.92 Å². The maximum atomic E-state index is 5.17. The maximum Gasteiger partial charge on any atom is 0.140 e. The van der Waals surface area contributed by atoms with Crippen LogP contribution in [0.25, 0.3) is 11.4 Å². The number of hydrogen-bond donors (Lipinski definition) is 0. The maximum absolute atomic E-state index is 5.17. The fourth-order valence-corrected chi connectivity index (χ4v) is 2.19. The molecule has 1 aromatic carbocycles. The van der Waals surface area contributed by atoms with E-state index in [1.807, 2.05) is 18.3 Å². The first kappa shape index (κ1) is 10.4. The number of hydrogen-bond acceptors (Lipinski definition) is 2. The van der Waals surface area contributed by atoms with Crippen molar-refractivity contribution in [3.63, 3.8) is 0 Å². The lowest BCUT2D eigenvalue weighted by atomic mass is 10.2. The summed E-state index contributed by atoms with van der Waals surface area (Å²) < 4.78 is 7.52. The summed E-state index contributed by atoms with van der Waals surface area (Å²) in [4.78, 5) is 4.52. The summed E-state index contributed by atoms with van der Waals surface area (Å²) in [7, 11) is 1.68. The van der Waals surface area contributed by atoms with Crippen molar-refractivity contribution < 1.29 is 4.74 Å². The number of methoxy groups -OCH3 is 1. The standard InChI is InChI=1S/C14H16N2O/c1-10-9-15-14(16(10)12-5-6-12)11-3-7-13(17-2)8-4-11/h3-4,7-9,12H,5-6H2,1-2H3. The summed E-state index contributed by atoms with van der Waals surface area (Å²) in [5.74, 6) is 1.96. The number of imidazole rings is 1. The molecule has 1 saturated carbocycles. The molecule has 88 valence electrons. The largest absolute Gasteiger partial charge is 0.497 e. The second-order valence-electron chi connectivity index (χ2n) is 4.55. The number of nitrogens with zero attached hydrogens (tertiary/aromatic N) is 2. The molecule has 17 heavy (non-hydrogen) atoms. The zero-order chi connectivity index (χ0) is 11.8. The van der Waals surface area contributed by atoms with Gasteiger partial charge in [-0.2, -0.15) is 0 Å². The molecule has 1 aromatic heterocycles. The summed E-state index contributed by atoms with van der Waals surface area (Å²) in [6, 6.07) is 8.76. The third-order valence-corrected chi connectivity index (χ3v) is 3.24. The quantitative estimate of drug-likeness (QED) is 0.806. The van der Waals surface area contributed by atoms with E-state index in [0.29, 0.717) is 6.04 Å². The smallest absolute Gasteiger partial charge is 0.140 e. The molecule has 0 saturated heterocycles. The Hall–Kier alpha value is -1.77. The number of aryl methyl sites for hydroxylation is 1. The Balaban J connectivity index is 2.02. The zero-order valence-electron chi connectivity index (χ0n) is 10.2. The van der Waals surface area contributed by atoms with Crippen molar-refractivity contribution in [1.82, 2.24) is 9.55 Å². The van der Waals surface area contributed by atoms with Crippen molar-refractivity contribution in [3.05, 3.63) is 36.2 Å². The molecule has 0 atom stereocenters. The van der Waals surface area contributed by atoms with Gasteiger partial charge in [0.25, 0.3) is 0 Å². The molecule has 0 amide bonds. The molecular formula is C14H16N2O. The van der Waals surface area contributed by atoms with Gasteiger partial charge in [0.2, 0.25) is 0 Å². The topological polar surface area (TPSA) is 27.1 Å². The Labute approximate surface area is 101 Å². The molecule has 0 unspecified atom stereocenters. The van der Waals surface area contributed by atoms with Crippen LogP contribution in [-0.2, 0) is 0 Å². The summed E-state index contributed by atoms with van der Waals surface area (Å²) in [5.41, 5.74) is 2.41. The highest BCUT2D eigenvalue weighted by Crippen LogP contribution is 2.39. The third-order valence-electron chi connectivity index (χ3n) is 3.24. The molecule has 0 spiro atoms. The highest BCUT2D eigenvalue weighted by atomic mass is 16.5. The number of rotatable bonds is 3. The number of aromatic nitrogens is 2. The average Bonchev–Trinajstić information content (AvgIpc) is 3.13. The van der Waals surface area contributed by atoms with Gasteiger partial charge in [-0.1, -0.05) is 0 Å². The van der Waals surface area contributed by atoms with Gasteiger partial charge in [0.1, 0.15) is 11.6 Å². The molecule has 3 rings (SSSR count). The second kappa shape index (κ2) is 3.91. The minimum atomic E-state index is 0.662. The van der Waals surface area contributed by atoms with E-state index in [1.165, 1.54) is 18.5 Å². The van der Waals surface area contributed by atoms with Crippen molar-refractivity contribution in [2.45, 2.75) is 25.8 Å². The lowest BCUT2D eigenvalue weighted by Gasteiger charge is -2.09. The van der Waals surface area contributed by atoms with Crippen molar-refractivity contribution in [1.29, 1.82) is 0 Å². The van der Waals surface area contributed by atoms with Gasteiger partial charge in [-0.25, -0.2) is 4.98 Å². The predicted molar refractivity (Wildman–Crippen MR) is 67.2 cm³/mol. The first-order valence-corrected chi connectivity index (χ1v) is 5.98. The van der Waals surface area contributed by atoms with Crippen LogP contribution >= 0.6 is 0 Å². The van der Waals surface area contributed by atoms with Crippen molar-refractivity contribution in [2.24, 2.45) is 0 Å². The number of ether oxygens (including phenoxy) is 1. The summed E-state index contributed by atoms with van der Waals surface area (Å²) in [6.07, 6.45) is 4.51.